The molecule has 1 amide bonds. The first-order chi connectivity index (χ1) is 15.2. The Labute approximate surface area is 185 Å². The van der Waals surface area contributed by atoms with Crippen molar-refractivity contribution in [2.24, 2.45) is 0 Å². The van der Waals surface area contributed by atoms with Crippen LogP contribution in [0.1, 0.15) is 5.56 Å². The van der Waals surface area contributed by atoms with E-state index in [2.05, 4.69) is 9.97 Å². The second-order valence-corrected chi connectivity index (χ2v) is 7.89. The van der Waals surface area contributed by atoms with Crippen LogP contribution in [0.15, 0.2) is 82.4 Å². The summed E-state index contributed by atoms with van der Waals surface area (Å²) in [4.78, 5) is 24.2. The van der Waals surface area contributed by atoms with Crippen LogP contribution in [0.25, 0.3) is 22.5 Å². The lowest BCUT2D eigenvalue weighted by molar-refractivity contribution is -0.129. The third-order valence-electron chi connectivity index (χ3n) is 4.78. The summed E-state index contributed by atoms with van der Waals surface area (Å²) >= 11 is 1.42. The Bertz CT molecular complexity index is 1130. The maximum atomic E-state index is 13.1. The van der Waals surface area contributed by atoms with Crippen LogP contribution >= 0.6 is 11.8 Å². The first-order valence-corrected chi connectivity index (χ1v) is 11.0. The Hall–Kier alpha value is -3.16. The smallest absolute Gasteiger partial charge is 0.233 e. The van der Waals surface area contributed by atoms with Gasteiger partial charge in [0.15, 0.2) is 11.6 Å². The van der Waals surface area contributed by atoms with Gasteiger partial charge in [-0.05, 0) is 23.8 Å². The van der Waals surface area contributed by atoms with E-state index in [1.165, 1.54) is 11.8 Å². The number of carbonyl (C=O) groups is 1. The molecule has 6 nitrogen and oxygen atoms in total. The maximum absolute atomic E-state index is 13.1. The number of fused-ring (bicyclic) bond motifs is 1. The van der Waals surface area contributed by atoms with Gasteiger partial charge in [-0.25, -0.2) is 9.97 Å². The molecule has 4 rings (SSSR count). The number of rotatable bonds is 9. The average Bonchev–Trinajstić information content (AvgIpc) is 3.35. The molecule has 0 saturated heterocycles. The van der Waals surface area contributed by atoms with Crippen LogP contribution in [0.3, 0.4) is 0 Å². The molecule has 7 heteroatoms. The molecule has 0 aliphatic heterocycles. The fourth-order valence-corrected chi connectivity index (χ4v) is 4.11. The van der Waals surface area contributed by atoms with Crippen molar-refractivity contribution in [1.29, 1.82) is 0 Å². The predicted molar refractivity (Wildman–Crippen MR) is 122 cm³/mol. The summed E-state index contributed by atoms with van der Waals surface area (Å²) < 4.78 is 10.7. The summed E-state index contributed by atoms with van der Waals surface area (Å²) in [5.74, 6) is 1.42. The topological polar surface area (TPSA) is 68.5 Å². The van der Waals surface area contributed by atoms with Gasteiger partial charge < -0.3 is 14.1 Å². The standard InChI is InChI=1S/C24H23N3O3S/c1-29-15-13-27(16-18-8-3-2-4-9-18)22(28)17-31-24-19-10-5-6-11-20(19)25-23(26-24)21-12-7-14-30-21/h2-12,14H,13,15-17H2,1H3. The van der Waals surface area contributed by atoms with E-state index in [1.54, 1.807) is 13.4 Å². The minimum Gasteiger partial charge on any atom is -0.461 e. The Morgan fingerprint density at radius 2 is 1.84 bits per heavy atom. The first kappa shape index (κ1) is 21.1. The summed E-state index contributed by atoms with van der Waals surface area (Å²) in [6, 6.07) is 21.4. The van der Waals surface area contributed by atoms with Gasteiger partial charge in [-0.15, -0.1) is 0 Å². The van der Waals surface area contributed by atoms with Crippen molar-refractivity contribution < 1.29 is 13.9 Å². The molecule has 0 aliphatic rings. The number of para-hydroxylation sites is 1. The van der Waals surface area contributed by atoms with Crippen LogP contribution in [0.2, 0.25) is 0 Å². The largest absolute Gasteiger partial charge is 0.461 e. The van der Waals surface area contributed by atoms with Crippen molar-refractivity contribution in [3.05, 3.63) is 78.6 Å². The molecule has 0 fully saturated rings. The Balaban J connectivity index is 1.54. The number of hydrogen-bond donors (Lipinski definition) is 0. The van der Waals surface area contributed by atoms with Crippen LogP contribution in [0.4, 0.5) is 0 Å². The molecule has 4 aromatic rings. The molecule has 31 heavy (non-hydrogen) atoms. The number of ether oxygens (including phenoxy) is 1. The number of benzene rings is 2. The van der Waals surface area contributed by atoms with Gasteiger partial charge in [-0.2, -0.15) is 0 Å². The summed E-state index contributed by atoms with van der Waals surface area (Å²) in [6.45, 7) is 1.57. The Kier molecular flexibility index (Phi) is 6.96. The summed E-state index contributed by atoms with van der Waals surface area (Å²) in [5, 5.41) is 1.68. The van der Waals surface area contributed by atoms with Crippen molar-refractivity contribution in [3.63, 3.8) is 0 Å². The number of furan rings is 1. The number of thioether (sulfide) groups is 1. The lowest BCUT2D eigenvalue weighted by atomic mass is 10.2. The third kappa shape index (κ3) is 5.31. The second-order valence-electron chi connectivity index (χ2n) is 6.93. The molecule has 0 unspecified atom stereocenters. The zero-order valence-corrected chi connectivity index (χ0v) is 18.0. The van der Waals surface area contributed by atoms with Crippen molar-refractivity contribution in [2.45, 2.75) is 11.6 Å². The zero-order chi connectivity index (χ0) is 21.5. The van der Waals surface area contributed by atoms with E-state index < -0.39 is 0 Å². The lowest BCUT2D eigenvalue weighted by Gasteiger charge is -2.22. The number of nitrogens with zero attached hydrogens (tertiary/aromatic N) is 3. The van der Waals surface area contributed by atoms with Gasteiger partial charge in [-0.3, -0.25) is 4.79 Å². The third-order valence-corrected chi connectivity index (χ3v) is 5.75. The van der Waals surface area contributed by atoms with Crippen LogP contribution in [-0.4, -0.2) is 46.8 Å². The lowest BCUT2D eigenvalue weighted by Crippen LogP contribution is -2.34. The fourth-order valence-electron chi connectivity index (χ4n) is 3.19. The summed E-state index contributed by atoms with van der Waals surface area (Å²) in [6.07, 6.45) is 1.60. The number of hydrogen-bond acceptors (Lipinski definition) is 6. The molecule has 0 N–H and O–H groups in total. The molecule has 2 aromatic carbocycles. The number of carbonyl (C=O) groups excluding carboxylic acids is 1. The van der Waals surface area contributed by atoms with Crippen LogP contribution < -0.4 is 0 Å². The van der Waals surface area contributed by atoms with E-state index in [1.807, 2.05) is 71.6 Å². The van der Waals surface area contributed by atoms with E-state index in [9.17, 15) is 4.79 Å². The molecule has 2 aromatic heterocycles. The van der Waals surface area contributed by atoms with E-state index >= 15 is 0 Å². The molecular formula is C24H23N3O3S. The van der Waals surface area contributed by atoms with Gasteiger partial charge in [0.1, 0.15) is 5.03 Å². The zero-order valence-electron chi connectivity index (χ0n) is 17.2. The minimum absolute atomic E-state index is 0.0353. The molecule has 0 radical (unpaired) electrons. The SMILES string of the molecule is COCCN(Cc1ccccc1)C(=O)CSc1nc(-c2ccco2)nc2ccccc12. The summed E-state index contributed by atoms with van der Waals surface area (Å²) in [7, 11) is 1.64. The Morgan fingerprint density at radius 1 is 1.03 bits per heavy atom. The molecule has 0 bridgehead atoms. The number of methoxy groups -OCH3 is 1. The highest BCUT2D eigenvalue weighted by Gasteiger charge is 2.17. The van der Waals surface area contributed by atoms with E-state index in [0.717, 1.165) is 21.5 Å². The molecule has 0 saturated carbocycles. The van der Waals surface area contributed by atoms with E-state index in [0.29, 0.717) is 31.3 Å². The molecule has 0 spiro atoms. The predicted octanol–water partition coefficient (Wildman–Crippen LogP) is 4.66. The molecule has 2 heterocycles. The number of aromatic nitrogens is 2. The van der Waals surface area contributed by atoms with E-state index in [4.69, 9.17) is 9.15 Å². The number of amides is 1. The highest BCUT2D eigenvalue weighted by Crippen LogP contribution is 2.28. The van der Waals surface area contributed by atoms with Gasteiger partial charge in [0.05, 0.1) is 24.1 Å². The summed E-state index contributed by atoms with van der Waals surface area (Å²) in [5.41, 5.74) is 1.91. The monoisotopic (exact) mass is 433 g/mol. The quantitative estimate of drug-likeness (QED) is 0.283. The van der Waals surface area contributed by atoms with Crippen LogP contribution in [0, 0.1) is 0 Å². The van der Waals surface area contributed by atoms with Gasteiger partial charge in [0.25, 0.3) is 0 Å². The molecular weight excluding hydrogens is 410 g/mol. The molecule has 0 atom stereocenters. The fraction of sp³-hybridized carbons (Fsp3) is 0.208. The second kappa shape index (κ2) is 10.2. The van der Waals surface area contributed by atoms with Crippen molar-refractivity contribution >= 4 is 28.6 Å². The average molecular weight is 434 g/mol. The van der Waals surface area contributed by atoms with Gasteiger partial charge >= 0.3 is 0 Å². The Morgan fingerprint density at radius 3 is 2.61 bits per heavy atom. The highest BCUT2D eigenvalue weighted by atomic mass is 32.2. The van der Waals surface area contributed by atoms with Crippen molar-refractivity contribution in [1.82, 2.24) is 14.9 Å². The van der Waals surface area contributed by atoms with Gasteiger partial charge in [-0.1, -0.05) is 60.3 Å². The normalized spacial score (nSPS) is 11.0. The van der Waals surface area contributed by atoms with E-state index in [-0.39, 0.29) is 11.7 Å². The van der Waals surface area contributed by atoms with Crippen LogP contribution in [0.5, 0.6) is 0 Å². The minimum atomic E-state index is 0.0353. The highest BCUT2D eigenvalue weighted by molar-refractivity contribution is 8.00. The van der Waals surface area contributed by atoms with Crippen molar-refractivity contribution in [2.75, 3.05) is 26.0 Å². The van der Waals surface area contributed by atoms with Crippen LogP contribution in [-0.2, 0) is 16.1 Å². The van der Waals surface area contributed by atoms with Crippen molar-refractivity contribution in [3.8, 4) is 11.6 Å². The van der Waals surface area contributed by atoms with Gasteiger partial charge in [0, 0.05) is 25.6 Å². The van der Waals surface area contributed by atoms with Gasteiger partial charge in [0.2, 0.25) is 5.91 Å². The molecule has 0 aliphatic carbocycles. The first-order valence-electron chi connectivity index (χ1n) is 9.98. The molecule has 158 valence electrons. The maximum Gasteiger partial charge on any atom is 0.233 e.